The topological polar surface area (TPSA) is 256 Å². The highest BCUT2D eigenvalue weighted by Gasteiger charge is 2.54. The van der Waals surface area contributed by atoms with Crippen LogP contribution in [0.3, 0.4) is 0 Å². The summed E-state index contributed by atoms with van der Waals surface area (Å²) >= 11 is 4.57. The van der Waals surface area contributed by atoms with Crippen LogP contribution in [0, 0.1) is 26.9 Å². The van der Waals surface area contributed by atoms with Gasteiger partial charge in [0.15, 0.2) is 5.78 Å². The number of hydroxylamine groups is 4. The molecular weight excluding hydrogens is 1250 g/mol. The van der Waals surface area contributed by atoms with Crippen molar-refractivity contribution in [3.8, 4) is 0 Å². The molecule has 19 nitrogen and oxygen atoms in total. The molecule has 0 radical (unpaired) electrons. The molecule has 4 aromatic heterocycles. The van der Waals surface area contributed by atoms with E-state index >= 15 is 0 Å². The van der Waals surface area contributed by atoms with Crippen LogP contribution in [-0.2, 0) is 17.9 Å². The van der Waals surface area contributed by atoms with Crippen molar-refractivity contribution in [2.75, 3.05) is 30.3 Å². The lowest BCUT2D eigenvalue weighted by Gasteiger charge is -2.36. The Kier molecular flexibility index (Phi) is 15.8. The van der Waals surface area contributed by atoms with Crippen LogP contribution in [0.4, 0.5) is 11.9 Å². The zero-order valence-electron chi connectivity index (χ0n) is 46.6. The van der Waals surface area contributed by atoms with Crippen LogP contribution in [-0.4, -0.2) is 99.0 Å². The first-order valence-electron chi connectivity index (χ1n) is 26.2. The molecule has 0 aliphatic carbocycles. The van der Waals surface area contributed by atoms with Gasteiger partial charge in [0, 0.05) is 55.2 Å². The molecule has 7 N–H and O–H groups in total. The van der Waals surface area contributed by atoms with Gasteiger partial charge in [0.05, 0.1) is 57.7 Å². The lowest BCUT2D eigenvalue weighted by Crippen LogP contribution is -2.50. The number of aryl methyl sites for hydroxylation is 2. The first-order chi connectivity index (χ1) is 37.5. The summed E-state index contributed by atoms with van der Waals surface area (Å²) in [6, 6.07) is 23.6. The number of nitrogens with zero attached hydrogens (tertiary/aromatic N) is 6. The molecule has 10 rings (SSSR count). The second kappa shape index (κ2) is 21.8. The van der Waals surface area contributed by atoms with E-state index in [1.165, 1.54) is 17.1 Å². The van der Waals surface area contributed by atoms with Crippen molar-refractivity contribution in [2.24, 2.45) is 11.7 Å². The maximum Gasteiger partial charge on any atom is 0.349 e. The van der Waals surface area contributed by atoms with Crippen molar-refractivity contribution in [3.05, 3.63) is 146 Å². The molecule has 2 aliphatic rings. The number of imidazole rings is 2. The number of hydrogen-bond donors (Lipinski definition) is 6. The van der Waals surface area contributed by atoms with Gasteiger partial charge in [-0.3, -0.25) is 14.4 Å². The first kappa shape index (κ1) is 58.2. The lowest BCUT2D eigenvalue weighted by molar-refractivity contribution is -0.197. The summed E-state index contributed by atoms with van der Waals surface area (Å²) < 4.78 is 17.4. The van der Waals surface area contributed by atoms with Crippen LogP contribution in [0.15, 0.2) is 103 Å². The number of aromatic nitrogens is 4. The van der Waals surface area contributed by atoms with E-state index < -0.39 is 39.3 Å². The summed E-state index contributed by atoms with van der Waals surface area (Å²) in [6.45, 7) is 22.6. The smallest absolute Gasteiger partial charge is 0.349 e. The second-order valence-corrected chi connectivity index (χ2v) is 25.5. The Bertz CT molecular complexity index is 3980. The number of carbonyl (C=O) groups is 3. The molecule has 6 heterocycles. The summed E-state index contributed by atoms with van der Waals surface area (Å²) in [5.74, 6) is -0.399. The van der Waals surface area contributed by atoms with Gasteiger partial charge in [-0.25, -0.2) is 19.6 Å². The summed E-state index contributed by atoms with van der Waals surface area (Å²) in [4.78, 5) is 71.9. The number of halogens is 2. The number of nitrogens with one attached hydrogen (secondary N) is 3. The average Bonchev–Trinajstić information content (AvgIpc) is 4.08. The van der Waals surface area contributed by atoms with Crippen LogP contribution in [0.2, 0.25) is 0 Å². The largest absolute Gasteiger partial charge is 0.422 e. The van der Waals surface area contributed by atoms with Gasteiger partial charge >= 0.3 is 11.3 Å². The number of amides is 2. The third-order valence-electron chi connectivity index (χ3n) is 15.7. The van der Waals surface area contributed by atoms with Crippen LogP contribution in [0.1, 0.15) is 112 Å². The van der Waals surface area contributed by atoms with Crippen molar-refractivity contribution in [1.82, 2.24) is 34.5 Å². The van der Waals surface area contributed by atoms with E-state index in [0.29, 0.717) is 89.6 Å². The van der Waals surface area contributed by atoms with Crippen molar-refractivity contribution in [2.45, 2.75) is 118 Å². The van der Waals surface area contributed by atoms with E-state index in [1.54, 1.807) is 26.0 Å². The Labute approximate surface area is 489 Å². The van der Waals surface area contributed by atoms with Gasteiger partial charge in [-0.1, -0.05) is 30.3 Å². The zero-order valence-corrected chi connectivity index (χ0v) is 50.9. The van der Waals surface area contributed by atoms with E-state index in [1.807, 2.05) is 102 Å². The third-order valence-corrected chi connectivity index (χ3v) is 17.0. The molecule has 1 atom stereocenters. The molecule has 21 heteroatoms. The normalized spacial score (nSPS) is 17.4. The van der Waals surface area contributed by atoms with Crippen molar-refractivity contribution in [1.29, 1.82) is 0 Å². The molecule has 80 heavy (non-hydrogen) atoms. The minimum atomic E-state index is -0.840. The number of carbonyl (C=O) groups excluding carboxylic acids is 3. The monoisotopic (exact) mass is 1310 g/mol. The van der Waals surface area contributed by atoms with E-state index in [4.69, 9.17) is 24.5 Å². The number of hydrogen-bond acceptors (Lipinski definition) is 15. The summed E-state index contributed by atoms with van der Waals surface area (Å²) in [5.41, 5.74) is 9.62. The van der Waals surface area contributed by atoms with Gasteiger partial charge in [-0.15, -0.1) is 0 Å². The minimum absolute atomic E-state index is 0.0695. The van der Waals surface area contributed by atoms with Gasteiger partial charge < -0.3 is 50.1 Å². The van der Waals surface area contributed by atoms with Crippen molar-refractivity contribution < 1.29 is 33.6 Å². The number of fused-ring (bicyclic) bond motifs is 4. The molecule has 1 saturated heterocycles. The molecule has 4 aromatic carbocycles. The van der Waals surface area contributed by atoms with E-state index in [-0.39, 0.29) is 28.7 Å². The minimum Gasteiger partial charge on any atom is -0.422 e. The zero-order chi connectivity index (χ0) is 58.1. The Hall–Kier alpha value is -6.51. The van der Waals surface area contributed by atoms with Crippen LogP contribution in [0.25, 0.3) is 44.0 Å². The Morgan fingerprint density at radius 1 is 0.713 bits per heavy atom. The van der Waals surface area contributed by atoms with Gasteiger partial charge in [-0.05, 0) is 192 Å². The molecule has 2 aliphatic heterocycles. The van der Waals surface area contributed by atoms with Crippen molar-refractivity contribution >= 4 is 119 Å². The highest BCUT2D eigenvalue weighted by Crippen LogP contribution is 2.44. The molecule has 0 spiro atoms. The SMILES string of the molecule is CC(=O)c1c(C)c2cc3nc(NCC4=CC(C)(C)N(O)C4(C)C)n(Cc4cccc(I)c4)c3cc2oc1=O.Cc1c(C(N)=O)c(=O)oc2cc3c(cc12)nc(NCCNC(=O)C1CC(C)(C)N(O)C1(C)C)n3Cc1cccc(I)c1. The van der Waals surface area contributed by atoms with Gasteiger partial charge in [0.25, 0.3) is 5.91 Å². The molecular formula is C59H66I2N10O9. The lowest BCUT2D eigenvalue weighted by atomic mass is 9.86. The number of nitrogens with two attached hydrogens (primary N) is 1. The quantitative estimate of drug-likeness (QED) is 0.0195. The van der Waals surface area contributed by atoms with Crippen molar-refractivity contribution in [3.63, 3.8) is 0 Å². The maximum atomic E-state index is 13.1. The van der Waals surface area contributed by atoms with E-state index in [2.05, 4.69) is 90.0 Å². The molecule has 1 unspecified atom stereocenters. The molecule has 2 amide bonds. The van der Waals surface area contributed by atoms with Crippen LogP contribution in [0.5, 0.6) is 0 Å². The standard InChI is InChI=1S/C30H35IN6O5.C29H31IN4O4/c1-16-19-12-21-22(13-23(19)42-27(40)24(16)25(32)38)36(15-17-7-6-8-18(31)11-17)28(35-21)34-10-9-33-26(39)20-14-29(2,3)37(41)30(20,4)5;1-16-21-11-22-23(12-24(21)38-26(36)25(16)17(2)35)33(15-18-8-7-9-20(30)10-18)27(32-22)31-14-19-13-28(3,4)34(37)29(19,5)6/h6-8,11-13,20,41H,9-10,14-15H2,1-5H3,(H2,32,38)(H,33,39)(H,34,35);7-13,37H,14-15H2,1-6H3,(H,31,32). The molecule has 420 valence electrons. The van der Waals surface area contributed by atoms with E-state index in [0.717, 1.165) is 40.4 Å². The van der Waals surface area contributed by atoms with Gasteiger partial charge in [0.2, 0.25) is 17.8 Å². The summed E-state index contributed by atoms with van der Waals surface area (Å²) in [7, 11) is 0. The molecule has 0 bridgehead atoms. The number of primary amides is 1. The third kappa shape index (κ3) is 11.0. The predicted octanol–water partition coefficient (Wildman–Crippen LogP) is 9.91. The fourth-order valence-corrected chi connectivity index (χ4v) is 12.7. The van der Waals surface area contributed by atoms with Crippen LogP contribution < -0.4 is 32.9 Å². The van der Waals surface area contributed by atoms with Gasteiger partial charge in [0.1, 0.15) is 22.3 Å². The number of Topliss-reactive ketones (excluding diaryl/α,β-unsaturated/α-hetero) is 1. The highest BCUT2D eigenvalue weighted by atomic mass is 127. The Balaban J connectivity index is 0.000000195. The van der Waals surface area contributed by atoms with Crippen LogP contribution >= 0.6 is 45.2 Å². The fourth-order valence-electron chi connectivity index (χ4n) is 11.5. The highest BCUT2D eigenvalue weighted by molar-refractivity contribution is 14.1. The average molecular weight is 1310 g/mol. The fraction of sp³-hybridized carbons (Fsp3) is 0.373. The predicted molar refractivity (Wildman–Crippen MR) is 326 cm³/mol. The summed E-state index contributed by atoms with van der Waals surface area (Å²) in [5, 5.41) is 35.1. The Morgan fingerprint density at radius 2 is 1.21 bits per heavy atom. The van der Waals surface area contributed by atoms with Gasteiger partial charge in [-0.2, -0.15) is 10.1 Å². The molecule has 0 saturated carbocycles. The summed E-state index contributed by atoms with van der Waals surface area (Å²) in [6.07, 6.45) is 2.63. The maximum absolute atomic E-state index is 13.1. The number of anilines is 2. The molecule has 1 fully saturated rings. The first-order valence-corrected chi connectivity index (χ1v) is 28.4. The number of rotatable bonds is 14. The molecule has 8 aromatic rings. The number of benzene rings is 4. The number of ketones is 1. The Morgan fingerprint density at radius 3 is 1.66 bits per heavy atom. The van der Waals surface area contributed by atoms with E-state index in [9.17, 15) is 34.4 Å². The second-order valence-electron chi connectivity index (χ2n) is 23.0.